The van der Waals surface area contributed by atoms with E-state index in [0.29, 0.717) is 28.1 Å². The van der Waals surface area contributed by atoms with Crippen molar-refractivity contribution in [1.82, 2.24) is 0 Å². The van der Waals surface area contributed by atoms with Gasteiger partial charge in [-0.1, -0.05) is 59.6 Å². The number of hydrogen-bond acceptors (Lipinski definition) is 3. The number of amides is 1. The molecule has 3 aromatic rings. The molecular weight excluding hydrogens is 352 g/mol. The third-order valence-electron chi connectivity index (χ3n) is 4.96. The molecule has 0 fully saturated rings. The first-order valence-electron chi connectivity index (χ1n) is 8.48. The van der Waals surface area contributed by atoms with E-state index in [4.69, 9.17) is 12.0 Å². The topological polar surface area (TPSA) is 98.1 Å². The van der Waals surface area contributed by atoms with Crippen LogP contribution in [0.4, 0.5) is 11.4 Å². The molecule has 0 aromatic heterocycles. The second kappa shape index (κ2) is 6.51. The zero-order chi connectivity index (χ0) is 19.7. The number of terminal acetylenes is 1. The smallest absolute Gasteiger partial charge is 0.244 e. The summed E-state index contributed by atoms with van der Waals surface area (Å²) in [6.07, 6.45) is 5.63. The van der Waals surface area contributed by atoms with Gasteiger partial charge in [0.1, 0.15) is 11.2 Å². The summed E-state index contributed by atoms with van der Waals surface area (Å²) in [6, 6.07) is 18.8. The van der Waals surface area contributed by atoms with Crippen LogP contribution in [0.3, 0.4) is 0 Å². The van der Waals surface area contributed by atoms with Crippen molar-refractivity contribution >= 4 is 17.3 Å². The Balaban J connectivity index is 2.05. The van der Waals surface area contributed by atoms with Crippen molar-refractivity contribution in [3.8, 4) is 18.1 Å². The molecule has 134 valence electrons. The van der Waals surface area contributed by atoms with Gasteiger partial charge in [0.25, 0.3) is 0 Å². The Hall–Kier alpha value is -4.20. The fourth-order valence-corrected chi connectivity index (χ4v) is 3.73. The maximum absolute atomic E-state index is 13.4. The van der Waals surface area contributed by atoms with E-state index in [1.807, 2.05) is 12.1 Å². The largest absolute Gasteiger partial charge is 0.508 e. The van der Waals surface area contributed by atoms with Crippen LogP contribution in [0.2, 0.25) is 0 Å². The first-order chi connectivity index (χ1) is 13.6. The molecule has 0 bridgehead atoms. The number of nitrogens with one attached hydrogen (secondary N) is 1. The summed E-state index contributed by atoms with van der Waals surface area (Å²) in [7, 11) is 0. The van der Waals surface area contributed by atoms with Gasteiger partial charge in [-0.2, -0.15) is 0 Å². The highest BCUT2D eigenvalue weighted by molar-refractivity contribution is 6.12. The maximum Gasteiger partial charge on any atom is 0.244 e. The SMILES string of the molecule is C#Cc1cccc2c1NC(=O)[C@]2(c1ccc(O)cc1)c1ccc(N=[N+]=[N-])cc1. The summed E-state index contributed by atoms with van der Waals surface area (Å²) in [5.41, 5.74) is 11.2. The number of hydrogen-bond donors (Lipinski definition) is 2. The summed E-state index contributed by atoms with van der Waals surface area (Å²) >= 11 is 0. The van der Waals surface area contributed by atoms with Crippen LogP contribution in [0, 0.1) is 12.3 Å². The molecule has 1 aliphatic heterocycles. The summed E-state index contributed by atoms with van der Waals surface area (Å²) in [4.78, 5) is 16.2. The number of para-hydroxylation sites is 1. The molecular formula is C22H14N4O2. The van der Waals surface area contributed by atoms with E-state index in [1.165, 1.54) is 0 Å². The predicted molar refractivity (Wildman–Crippen MR) is 106 cm³/mol. The Morgan fingerprint density at radius 2 is 1.68 bits per heavy atom. The molecule has 0 saturated carbocycles. The van der Waals surface area contributed by atoms with Crippen LogP contribution in [0.25, 0.3) is 10.4 Å². The van der Waals surface area contributed by atoms with Crippen molar-refractivity contribution < 1.29 is 9.90 Å². The molecule has 0 spiro atoms. The standard InChI is InChI=1S/C22H14N4O2/c1-2-14-4-3-5-19-20(14)24-21(28)22(19,16-8-12-18(27)13-9-16)15-6-10-17(11-7-15)25-26-23/h1,3-13,27H,(H,24,28)/t22-/m0/s1. The number of nitrogens with zero attached hydrogens (tertiary/aromatic N) is 3. The molecule has 0 unspecified atom stereocenters. The highest BCUT2D eigenvalue weighted by Gasteiger charge is 2.50. The molecule has 1 aliphatic rings. The number of phenols is 1. The summed E-state index contributed by atoms with van der Waals surface area (Å²) in [5.74, 6) is 2.48. The molecule has 3 aromatic carbocycles. The van der Waals surface area contributed by atoms with Crippen molar-refractivity contribution in [2.75, 3.05) is 5.32 Å². The Morgan fingerprint density at radius 3 is 2.29 bits per heavy atom. The molecule has 4 rings (SSSR count). The highest BCUT2D eigenvalue weighted by Crippen LogP contribution is 2.49. The van der Waals surface area contributed by atoms with Gasteiger partial charge in [0.15, 0.2) is 0 Å². The number of carbonyl (C=O) groups is 1. The number of benzene rings is 3. The molecule has 0 radical (unpaired) electrons. The molecule has 28 heavy (non-hydrogen) atoms. The molecule has 1 amide bonds. The monoisotopic (exact) mass is 366 g/mol. The zero-order valence-corrected chi connectivity index (χ0v) is 14.6. The van der Waals surface area contributed by atoms with E-state index >= 15 is 0 Å². The van der Waals surface area contributed by atoms with E-state index in [1.54, 1.807) is 54.6 Å². The molecule has 0 saturated heterocycles. The first-order valence-corrected chi connectivity index (χ1v) is 8.48. The van der Waals surface area contributed by atoms with Gasteiger partial charge in [-0.05, 0) is 34.9 Å². The lowest BCUT2D eigenvalue weighted by Gasteiger charge is -2.29. The van der Waals surface area contributed by atoms with E-state index in [2.05, 4.69) is 21.3 Å². The summed E-state index contributed by atoms with van der Waals surface area (Å²) in [6.45, 7) is 0. The summed E-state index contributed by atoms with van der Waals surface area (Å²) < 4.78 is 0. The average Bonchev–Trinajstić information content (AvgIpc) is 3.02. The minimum absolute atomic E-state index is 0.105. The van der Waals surface area contributed by atoms with Crippen LogP contribution in [-0.2, 0) is 10.2 Å². The van der Waals surface area contributed by atoms with E-state index in [-0.39, 0.29) is 11.7 Å². The van der Waals surface area contributed by atoms with E-state index in [0.717, 1.165) is 5.56 Å². The lowest BCUT2D eigenvalue weighted by Crippen LogP contribution is -2.36. The van der Waals surface area contributed by atoms with Gasteiger partial charge in [0.2, 0.25) is 5.91 Å². The Morgan fingerprint density at radius 1 is 1.04 bits per heavy atom. The Kier molecular flexibility index (Phi) is 4.00. The fraction of sp³-hybridized carbons (Fsp3) is 0.0455. The van der Waals surface area contributed by atoms with Crippen molar-refractivity contribution in [2.45, 2.75) is 5.41 Å². The van der Waals surface area contributed by atoms with Gasteiger partial charge in [-0.3, -0.25) is 4.79 Å². The zero-order valence-electron chi connectivity index (χ0n) is 14.6. The quantitative estimate of drug-likeness (QED) is 0.306. The minimum atomic E-state index is -1.15. The van der Waals surface area contributed by atoms with E-state index < -0.39 is 5.41 Å². The normalized spacial score (nSPS) is 17.2. The minimum Gasteiger partial charge on any atom is -0.508 e. The Labute approximate surface area is 161 Å². The second-order valence-corrected chi connectivity index (χ2v) is 6.36. The van der Waals surface area contributed by atoms with Crippen molar-refractivity contribution in [3.63, 3.8) is 0 Å². The van der Waals surface area contributed by atoms with Crippen molar-refractivity contribution in [1.29, 1.82) is 0 Å². The van der Waals surface area contributed by atoms with Gasteiger partial charge >= 0.3 is 0 Å². The summed E-state index contributed by atoms with van der Waals surface area (Å²) in [5, 5.41) is 16.2. The molecule has 6 heteroatoms. The van der Waals surface area contributed by atoms with Crippen molar-refractivity contribution in [3.05, 3.63) is 99.4 Å². The average molecular weight is 366 g/mol. The van der Waals surface area contributed by atoms with Gasteiger partial charge in [0.05, 0.1) is 5.69 Å². The van der Waals surface area contributed by atoms with Crippen molar-refractivity contribution in [2.24, 2.45) is 5.11 Å². The predicted octanol–water partition coefficient (Wildman–Crippen LogP) is 4.60. The maximum atomic E-state index is 13.4. The van der Waals surface area contributed by atoms with Gasteiger partial charge in [0, 0.05) is 21.7 Å². The van der Waals surface area contributed by atoms with E-state index in [9.17, 15) is 9.90 Å². The Bertz CT molecular complexity index is 1170. The van der Waals surface area contributed by atoms with Crippen LogP contribution in [0.5, 0.6) is 5.75 Å². The van der Waals surface area contributed by atoms with Crippen LogP contribution < -0.4 is 5.32 Å². The molecule has 1 atom stereocenters. The van der Waals surface area contributed by atoms with Crippen LogP contribution >= 0.6 is 0 Å². The number of rotatable bonds is 3. The van der Waals surface area contributed by atoms with Crippen LogP contribution in [0.15, 0.2) is 71.8 Å². The lowest BCUT2D eigenvalue weighted by molar-refractivity contribution is -0.118. The number of fused-ring (bicyclic) bond motifs is 1. The van der Waals surface area contributed by atoms with Crippen LogP contribution in [-0.4, -0.2) is 11.0 Å². The molecule has 1 heterocycles. The van der Waals surface area contributed by atoms with Gasteiger partial charge in [-0.25, -0.2) is 0 Å². The number of carbonyl (C=O) groups excluding carboxylic acids is 1. The first kappa shape index (κ1) is 17.2. The van der Waals surface area contributed by atoms with Crippen LogP contribution in [0.1, 0.15) is 22.3 Å². The molecule has 2 N–H and O–H groups in total. The highest BCUT2D eigenvalue weighted by atomic mass is 16.3. The number of anilines is 1. The number of phenolic OH excluding ortho intramolecular Hbond substituents is 1. The lowest BCUT2D eigenvalue weighted by atomic mass is 9.70. The van der Waals surface area contributed by atoms with Gasteiger partial charge < -0.3 is 10.4 Å². The van der Waals surface area contributed by atoms with Gasteiger partial charge in [-0.15, -0.1) is 6.42 Å². The third kappa shape index (κ3) is 2.39. The number of aromatic hydroxyl groups is 1. The fourth-order valence-electron chi connectivity index (χ4n) is 3.73. The second-order valence-electron chi connectivity index (χ2n) is 6.36. The molecule has 0 aliphatic carbocycles. The molecule has 6 nitrogen and oxygen atoms in total. The number of azide groups is 1. The third-order valence-corrected chi connectivity index (χ3v) is 4.96.